The topological polar surface area (TPSA) is 55.4 Å². The van der Waals surface area contributed by atoms with Gasteiger partial charge in [-0.2, -0.15) is 0 Å². The zero-order valence-corrected chi connectivity index (χ0v) is 14.8. The van der Waals surface area contributed by atoms with Gasteiger partial charge < -0.3 is 10.1 Å². The van der Waals surface area contributed by atoms with Crippen LogP contribution < -0.4 is 10.1 Å². The molecule has 0 aromatic heterocycles. The lowest BCUT2D eigenvalue weighted by molar-refractivity contribution is -0.120. The SMILES string of the molecule is CCCC[C@H](CC)C(=O)Nc1ccccc1OC(=O)c1ccccc1. The molecule has 2 rings (SSSR count). The summed E-state index contributed by atoms with van der Waals surface area (Å²) in [6.07, 6.45) is 3.74. The maximum absolute atomic E-state index is 12.5. The van der Waals surface area contributed by atoms with Gasteiger partial charge in [-0.05, 0) is 37.1 Å². The van der Waals surface area contributed by atoms with E-state index in [1.165, 1.54) is 0 Å². The number of nitrogens with one attached hydrogen (secondary N) is 1. The highest BCUT2D eigenvalue weighted by atomic mass is 16.5. The average Bonchev–Trinajstić information content (AvgIpc) is 2.64. The lowest BCUT2D eigenvalue weighted by Gasteiger charge is -2.16. The van der Waals surface area contributed by atoms with E-state index in [2.05, 4.69) is 12.2 Å². The molecule has 4 heteroatoms. The highest BCUT2D eigenvalue weighted by Gasteiger charge is 2.18. The lowest BCUT2D eigenvalue weighted by Crippen LogP contribution is -2.23. The number of benzene rings is 2. The summed E-state index contributed by atoms with van der Waals surface area (Å²) >= 11 is 0. The molecule has 0 heterocycles. The normalized spacial score (nSPS) is 11.6. The van der Waals surface area contributed by atoms with E-state index in [0.29, 0.717) is 17.0 Å². The molecule has 4 nitrogen and oxygen atoms in total. The molecule has 1 atom stereocenters. The van der Waals surface area contributed by atoms with Crippen LogP contribution in [-0.2, 0) is 4.79 Å². The molecule has 25 heavy (non-hydrogen) atoms. The summed E-state index contributed by atoms with van der Waals surface area (Å²) in [6.45, 7) is 4.13. The Labute approximate surface area is 149 Å². The van der Waals surface area contributed by atoms with Crippen LogP contribution in [0, 0.1) is 5.92 Å². The Bertz CT molecular complexity index is 697. The quantitative estimate of drug-likeness (QED) is 0.540. The molecule has 0 unspecified atom stereocenters. The van der Waals surface area contributed by atoms with Gasteiger partial charge in [0.25, 0.3) is 0 Å². The third kappa shape index (κ3) is 5.45. The van der Waals surface area contributed by atoms with E-state index < -0.39 is 5.97 Å². The van der Waals surface area contributed by atoms with Crippen LogP contribution in [0.1, 0.15) is 49.9 Å². The number of carbonyl (C=O) groups is 2. The van der Waals surface area contributed by atoms with Gasteiger partial charge in [-0.15, -0.1) is 0 Å². The second-order valence-electron chi connectivity index (χ2n) is 5.99. The summed E-state index contributed by atoms with van der Waals surface area (Å²) in [7, 11) is 0. The van der Waals surface area contributed by atoms with Crippen LogP contribution in [0.2, 0.25) is 0 Å². The van der Waals surface area contributed by atoms with Gasteiger partial charge in [-0.25, -0.2) is 4.79 Å². The number of ether oxygens (including phenoxy) is 1. The van der Waals surface area contributed by atoms with Gasteiger partial charge in [-0.1, -0.05) is 57.0 Å². The number of para-hydroxylation sites is 2. The molecule has 0 saturated heterocycles. The molecule has 2 aromatic carbocycles. The van der Waals surface area contributed by atoms with Crippen molar-refractivity contribution in [3.63, 3.8) is 0 Å². The van der Waals surface area contributed by atoms with Crippen molar-refractivity contribution in [2.45, 2.75) is 39.5 Å². The highest BCUT2D eigenvalue weighted by molar-refractivity contribution is 5.96. The fourth-order valence-corrected chi connectivity index (χ4v) is 2.60. The monoisotopic (exact) mass is 339 g/mol. The summed E-state index contributed by atoms with van der Waals surface area (Å²) in [5, 5.41) is 2.91. The second kappa shape index (κ2) is 9.62. The molecule has 0 radical (unpaired) electrons. The van der Waals surface area contributed by atoms with Crippen molar-refractivity contribution in [2.75, 3.05) is 5.32 Å². The van der Waals surface area contributed by atoms with Gasteiger partial charge in [0.05, 0.1) is 11.3 Å². The van der Waals surface area contributed by atoms with Crippen molar-refractivity contribution in [1.29, 1.82) is 0 Å². The Morgan fingerprint density at radius 1 is 1.00 bits per heavy atom. The second-order valence-corrected chi connectivity index (χ2v) is 5.99. The van der Waals surface area contributed by atoms with Crippen LogP contribution in [0.4, 0.5) is 5.69 Å². The van der Waals surface area contributed by atoms with Gasteiger partial charge in [0, 0.05) is 5.92 Å². The smallest absolute Gasteiger partial charge is 0.343 e. The molecule has 1 amide bonds. The molecule has 0 aliphatic heterocycles. The predicted molar refractivity (Wildman–Crippen MR) is 99.8 cm³/mol. The number of hydrogen-bond donors (Lipinski definition) is 1. The molecular formula is C21H25NO3. The number of carbonyl (C=O) groups excluding carboxylic acids is 2. The zero-order chi connectivity index (χ0) is 18.1. The van der Waals surface area contributed by atoms with Crippen LogP contribution in [0.3, 0.4) is 0 Å². The lowest BCUT2D eigenvalue weighted by atomic mass is 9.98. The largest absolute Gasteiger partial charge is 0.421 e. The third-order valence-electron chi connectivity index (χ3n) is 4.13. The Balaban J connectivity index is 2.09. The van der Waals surface area contributed by atoms with E-state index in [4.69, 9.17) is 4.74 Å². The number of hydrogen-bond acceptors (Lipinski definition) is 3. The van der Waals surface area contributed by atoms with Gasteiger partial charge in [0.1, 0.15) is 0 Å². The molecule has 0 bridgehead atoms. The fraction of sp³-hybridized carbons (Fsp3) is 0.333. The van der Waals surface area contributed by atoms with Gasteiger partial charge in [-0.3, -0.25) is 4.79 Å². The molecular weight excluding hydrogens is 314 g/mol. The molecule has 0 aliphatic carbocycles. The summed E-state index contributed by atoms with van der Waals surface area (Å²) in [4.78, 5) is 24.8. The Hall–Kier alpha value is -2.62. The predicted octanol–water partition coefficient (Wildman–Crippen LogP) is 5.06. The van der Waals surface area contributed by atoms with Crippen LogP contribution in [0.15, 0.2) is 54.6 Å². The van der Waals surface area contributed by atoms with E-state index in [0.717, 1.165) is 25.7 Å². The standard InChI is InChI=1S/C21H25NO3/c1-3-5-11-16(4-2)20(23)22-18-14-9-10-15-19(18)25-21(24)17-12-7-6-8-13-17/h6-10,12-16H,3-5,11H2,1-2H3,(H,22,23)/t16-/m0/s1. The summed E-state index contributed by atoms with van der Waals surface area (Å²) < 4.78 is 5.47. The first-order valence-corrected chi connectivity index (χ1v) is 8.82. The van der Waals surface area contributed by atoms with Crippen LogP contribution in [0.25, 0.3) is 0 Å². The first-order chi connectivity index (χ1) is 12.2. The minimum absolute atomic E-state index is 0.0286. The fourth-order valence-electron chi connectivity index (χ4n) is 2.60. The molecule has 2 aromatic rings. The molecule has 1 N–H and O–H groups in total. The Morgan fingerprint density at radius 2 is 1.68 bits per heavy atom. The number of anilines is 1. The van der Waals surface area contributed by atoms with Crippen molar-refractivity contribution in [1.82, 2.24) is 0 Å². The van der Waals surface area contributed by atoms with Crippen LogP contribution >= 0.6 is 0 Å². The average molecular weight is 339 g/mol. The van der Waals surface area contributed by atoms with Crippen molar-refractivity contribution >= 4 is 17.6 Å². The third-order valence-corrected chi connectivity index (χ3v) is 4.13. The maximum atomic E-state index is 12.5. The zero-order valence-electron chi connectivity index (χ0n) is 14.8. The minimum atomic E-state index is -0.444. The van der Waals surface area contributed by atoms with Gasteiger partial charge in [0.15, 0.2) is 5.75 Å². The number of amides is 1. The summed E-state index contributed by atoms with van der Waals surface area (Å²) in [5.74, 6) is -0.146. The Kier molecular flexibility index (Phi) is 7.20. The van der Waals surface area contributed by atoms with Crippen molar-refractivity contribution in [2.24, 2.45) is 5.92 Å². The first-order valence-electron chi connectivity index (χ1n) is 8.82. The maximum Gasteiger partial charge on any atom is 0.343 e. The molecule has 132 valence electrons. The number of esters is 1. The van der Waals surface area contributed by atoms with E-state index in [1.54, 1.807) is 42.5 Å². The minimum Gasteiger partial charge on any atom is -0.421 e. The Morgan fingerprint density at radius 3 is 2.36 bits per heavy atom. The highest BCUT2D eigenvalue weighted by Crippen LogP contribution is 2.26. The summed E-state index contributed by atoms with van der Waals surface area (Å²) in [6, 6.07) is 15.8. The van der Waals surface area contributed by atoms with Crippen LogP contribution in [-0.4, -0.2) is 11.9 Å². The molecule has 0 spiro atoms. The van der Waals surface area contributed by atoms with Crippen molar-refractivity contribution < 1.29 is 14.3 Å². The van der Waals surface area contributed by atoms with Gasteiger partial charge in [0.2, 0.25) is 5.91 Å². The van der Waals surface area contributed by atoms with Crippen LogP contribution in [0.5, 0.6) is 5.75 Å². The van der Waals surface area contributed by atoms with Crippen molar-refractivity contribution in [3.8, 4) is 5.75 Å². The summed E-state index contributed by atoms with van der Waals surface area (Å²) in [5.41, 5.74) is 0.990. The molecule has 0 aliphatic rings. The first kappa shape index (κ1) is 18.7. The van der Waals surface area contributed by atoms with E-state index in [9.17, 15) is 9.59 Å². The van der Waals surface area contributed by atoms with E-state index in [1.807, 2.05) is 19.1 Å². The number of unbranched alkanes of at least 4 members (excludes halogenated alkanes) is 1. The molecule has 0 saturated carbocycles. The van der Waals surface area contributed by atoms with E-state index >= 15 is 0 Å². The van der Waals surface area contributed by atoms with E-state index in [-0.39, 0.29) is 11.8 Å². The van der Waals surface area contributed by atoms with Crippen molar-refractivity contribution in [3.05, 3.63) is 60.2 Å². The van der Waals surface area contributed by atoms with Gasteiger partial charge >= 0.3 is 5.97 Å². The number of rotatable bonds is 8. The molecule has 0 fully saturated rings.